The van der Waals surface area contributed by atoms with E-state index in [0.29, 0.717) is 6.04 Å². The van der Waals surface area contributed by atoms with E-state index in [9.17, 15) is 5.11 Å². The summed E-state index contributed by atoms with van der Waals surface area (Å²) in [6, 6.07) is 4.69. The molecule has 1 aromatic rings. The van der Waals surface area contributed by atoms with E-state index in [1.165, 1.54) is 9.75 Å². The van der Waals surface area contributed by atoms with E-state index in [0.717, 1.165) is 38.1 Å². The van der Waals surface area contributed by atoms with Crippen molar-refractivity contribution < 1.29 is 5.11 Å². The molecule has 0 saturated heterocycles. The summed E-state index contributed by atoms with van der Waals surface area (Å²) >= 11 is 1.84. The highest BCUT2D eigenvalue weighted by Crippen LogP contribution is 2.32. The minimum atomic E-state index is -0.479. The van der Waals surface area contributed by atoms with E-state index in [-0.39, 0.29) is 0 Å². The van der Waals surface area contributed by atoms with Crippen molar-refractivity contribution in [1.29, 1.82) is 0 Å². The van der Waals surface area contributed by atoms with Gasteiger partial charge in [-0.15, -0.1) is 11.3 Å². The summed E-state index contributed by atoms with van der Waals surface area (Å²) in [4.78, 5) is 2.71. The van der Waals surface area contributed by atoms with Gasteiger partial charge in [-0.2, -0.15) is 0 Å². The first-order chi connectivity index (χ1) is 8.48. The molecule has 2 rings (SSSR count). The summed E-state index contributed by atoms with van der Waals surface area (Å²) in [5, 5.41) is 14.0. The quantitative estimate of drug-likeness (QED) is 0.873. The van der Waals surface area contributed by atoms with Crippen molar-refractivity contribution in [3.05, 3.63) is 21.9 Å². The fraction of sp³-hybridized carbons (Fsp3) is 0.733. The molecule has 3 heteroatoms. The Bertz CT molecular complexity index is 380. The molecule has 0 aliphatic heterocycles. The highest BCUT2D eigenvalue weighted by molar-refractivity contribution is 7.12. The Balaban J connectivity index is 1.84. The van der Waals surface area contributed by atoms with Gasteiger partial charge in [-0.25, -0.2) is 0 Å². The van der Waals surface area contributed by atoms with E-state index < -0.39 is 5.60 Å². The van der Waals surface area contributed by atoms with Crippen molar-refractivity contribution in [2.24, 2.45) is 5.92 Å². The first-order valence-corrected chi connectivity index (χ1v) is 7.82. The summed E-state index contributed by atoms with van der Waals surface area (Å²) in [5.41, 5.74) is -0.479. The van der Waals surface area contributed by atoms with Gasteiger partial charge in [0.2, 0.25) is 0 Å². The maximum Gasteiger partial charge on any atom is 0.0772 e. The van der Waals surface area contributed by atoms with Gasteiger partial charge in [-0.3, -0.25) is 0 Å². The van der Waals surface area contributed by atoms with Crippen molar-refractivity contribution in [1.82, 2.24) is 5.32 Å². The van der Waals surface area contributed by atoms with Gasteiger partial charge in [0.1, 0.15) is 0 Å². The molecule has 2 N–H and O–H groups in total. The van der Waals surface area contributed by atoms with Crippen LogP contribution in [-0.2, 0) is 0 Å². The molecule has 102 valence electrons. The monoisotopic (exact) mass is 267 g/mol. The Morgan fingerprint density at radius 3 is 2.67 bits per heavy atom. The predicted molar refractivity (Wildman–Crippen MR) is 78.1 cm³/mol. The molecule has 0 radical (unpaired) electrons. The predicted octanol–water partition coefficient (Wildman–Crippen LogP) is 3.65. The summed E-state index contributed by atoms with van der Waals surface area (Å²) in [6.07, 6.45) is 4.20. The molecule has 1 unspecified atom stereocenters. The Hall–Kier alpha value is -0.380. The van der Waals surface area contributed by atoms with Crippen LogP contribution in [0.2, 0.25) is 0 Å². The minimum absolute atomic E-state index is 0.340. The summed E-state index contributed by atoms with van der Waals surface area (Å²) in [5.74, 6) is 0.780. The molecule has 1 heterocycles. The molecule has 1 saturated carbocycles. The smallest absolute Gasteiger partial charge is 0.0772 e. The van der Waals surface area contributed by atoms with Crippen molar-refractivity contribution in [2.75, 3.05) is 6.54 Å². The third-order valence-electron chi connectivity index (χ3n) is 4.13. The second-order valence-corrected chi connectivity index (χ2v) is 7.28. The maximum atomic E-state index is 10.5. The second-order valence-electron chi connectivity index (χ2n) is 5.96. The molecule has 1 aliphatic rings. The SMILES string of the molecule is Cc1ccc(C(C)NCC2(O)CCC(C)CC2)s1. The van der Waals surface area contributed by atoms with Crippen molar-refractivity contribution >= 4 is 11.3 Å². The zero-order chi connectivity index (χ0) is 13.2. The molecule has 0 bridgehead atoms. The topological polar surface area (TPSA) is 32.3 Å². The van der Waals surface area contributed by atoms with Crippen LogP contribution in [0.15, 0.2) is 12.1 Å². The van der Waals surface area contributed by atoms with Crippen LogP contribution in [0.4, 0.5) is 0 Å². The number of thiophene rings is 1. The molecular weight excluding hydrogens is 242 g/mol. The standard InChI is InChI=1S/C15H25NOS/c1-11-6-8-15(17,9-7-11)10-16-13(3)14-5-4-12(2)18-14/h4-5,11,13,16-17H,6-10H2,1-3H3. The van der Waals surface area contributed by atoms with E-state index >= 15 is 0 Å². The molecule has 0 aromatic carbocycles. The van der Waals surface area contributed by atoms with E-state index in [2.05, 4.69) is 38.2 Å². The Morgan fingerprint density at radius 1 is 1.44 bits per heavy atom. The highest BCUT2D eigenvalue weighted by atomic mass is 32.1. The number of aryl methyl sites for hydroxylation is 1. The van der Waals surface area contributed by atoms with E-state index in [1.54, 1.807) is 0 Å². The largest absolute Gasteiger partial charge is 0.389 e. The van der Waals surface area contributed by atoms with Crippen LogP contribution in [0.25, 0.3) is 0 Å². The lowest BCUT2D eigenvalue weighted by molar-refractivity contribution is -0.00777. The summed E-state index contributed by atoms with van der Waals surface area (Å²) in [6.45, 7) is 7.32. The lowest BCUT2D eigenvalue weighted by atomic mass is 9.79. The summed E-state index contributed by atoms with van der Waals surface area (Å²) < 4.78 is 0. The van der Waals surface area contributed by atoms with Crippen LogP contribution in [-0.4, -0.2) is 17.3 Å². The van der Waals surface area contributed by atoms with Crippen molar-refractivity contribution in [3.8, 4) is 0 Å². The molecule has 0 spiro atoms. The van der Waals surface area contributed by atoms with Crippen LogP contribution in [0.1, 0.15) is 55.3 Å². The molecule has 1 atom stereocenters. The van der Waals surface area contributed by atoms with Gasteiger partial charge < -0.3 is 10.4 Å². The minimum Gasteiger partial charge on any atom is -0.389 e. The lowest BCUT2D eigenvalue weighted by Crippen LogP contribution is -2.43. The Kier molecular flexibility index (Phi) is 4.46. The third-order valence-corrected chi connectivity index (χ3v) is 5.31. The van der Waals surface area contributed by atoms with Crippen molar-refractivity contribution in [3.63, 3.8) is 0 Å². The molecule has 0 amide bonds. The van der Waals surface area contributed by atoms with Crippen LogP contribution in [0.5, 0.6) is 0 Å². The average molecular weight is 267 g/mol. The summed E-state index contributed by atoms with van der Waals surface area (Å²) in [7, 11) is 0. The fourth-order valence-corrected chi connectivity index (χ4v) is 3.51. The van der Waals surface area contributed by atoms with Gasteiger partial charge in [0.15, 0.2) is 0 Å². The lowest BCUT2D eigenvalue weighted by Gasteiger charge is -2.35. The van der Waals surface area contributed by atoms with Gasteiger partial charge in [0.25, 0.3) is 0 Å². The van der Waals surface area contributed by atoms with Crippen LogP contribution in [0, 0.1) is 12.8 Å². The van der Waals surface area contributed by atoms with E-state index in [1.807, 2.05) is 11.3 Å². The number of hydrogen-bond donors (Lipinski definition) is 2. The van der Waals surface area contributed by atoms with E-state index in [4.69, 9.17) is 0 Å². The van der Waals surface area contributed by atoms with Gasteiger partial charge in [-0.1, -0.05) is 6.92 Å². The molecule has 1 aromatic heterocycles. The number of hydrogen-bond acceptors (Lipinski definition) is 3. The first kappa shape index (κ1) is 14.0. The van der Waals surface area contributed by atoms with Gasteiger partial charge >= 0.3 is 0 Å². The molecule has 1 fully saturated rings. The molecular formula is C15H25NOS. The maximum absolute atomic E-state index is 10.5. The van der Waals surface area contributed by atoms with Gasteiger partial charge in [-0.05, 0) is 57.6 Å². The zero-order valence-corrected chi connectivity index (χ0v) is 12.5. The van der Waals surface area contributed by atoms with Gasteiger partial charge in [0.05, 0.1) is 5.60 Å². The number of rotatable bonds is 4. The van der Waals surface area contributed by atoms with Crippen molar-refractivity contribution in [2.45, 2.75) is 58.1 Å². The third kappa shape index (κ3) is 3.56. The fourth-order valence-electron chi connectivity index (χ4n) is 2.61. The number of nitrogens with one attached hydrogen (secondary N) is 1. The van der Waals surface area contributed by atoms with Crippen LogP contribution in [0.3, 0.4) is 0 Å². The molecule has 2 nitrogen and oxygen atoms in total. The normalized spacial score (nSPS) is 30.3. The first-order valence-electron chi connectivity index (χ1n) is 7.01. The van der Waals surface area contributed by atoms with Gasteiger partial charge in [0, 0.05) is 22.3 Å². The number of aliphatic hydroxyl groups is 1. The Morgan fingerprint density at radius 2 is 2.11 bits per heavy atom. The Labute approximate surface area is 114 Å². The molecule has 1 aliphatic carbocycles. The highest BCUT2D eigenvalue weighted by Gasteiger charge is 2.31. The zero-order valence-electron chi connectivity index (χ0n) is 11.7. The van der Waals surface area contributed by atoms with Crippen LogP contribution >= 0.6 is 11.3 Å². The van der Waals surface area contributed by atoms with Crippen LogP contribution < -0.4 is 5.32 Å². The second kappa shape index (κ2) is 5.72. The average Bonchev–Trinajstić information content (AvgIpc) is 2.77. The molecule has 18 heavy (non-hydrogen) atoms.